The Labute approximate surface area is 119 Å². The second kappa shape index (κ2) is 5.87. The Morgan fingerprint density at radius 2 is 2.00 bits per heavy atom. The third-order valence-corrected chi connectivity index (χ3v) is 4.27. The van der Waals surface area contributed by atoms with E-state index in [-0.39, 0.29) is 10.8 Å². The Hall–Kier alpha value is -1.16. The molecule has 104 valence electrons. The van der Waals surface area contributed by atoms with Gasteiger partial charge in [-0.1, -0.05) is 26.1 Å². The van der Waals surface area contributed by atoms with Gasteiger partial charge in [0.25, 0.3) is 0 Å². The highest BCUT2D eigenvalue weighted by atomic mass is 32.1. The molecule has 1 heterocycles. The fraction of sp³-hybridized carbons (Fsp3) is 0.533. The molecule has 0 aromatic heterocycles. The molecule has 1 aliphatic heterocycles. The van der Waals surface area contributed by atoms with Crippen molar-refractivity contribution in [2.45, 2.75) is 26.7 Å². The van der Waals surface area contributed by atoms with Crippen LogP contribution in [0.25, 0.3) is 0 Å². The van der Waals surface area contributed by atoms with Crippen molar-refractivity contribution in [1.82, 2.24) is 0 Å². The Morgan fingerprint density at radius 1 is 1.37 bits per heavy atom. The van der Waals surface area contributed by atoms with Crippen LogP contribution in [0.3, 0.4) is 0 Å². The first-order valence-corrected chi connectivity index (χ1v) is 7.24. The van der Waals surface area contributed by atoms with E-state index in [0.29, 0.717) is 5.56 Å². The molecule has 2 N–H and O–H groups in total. The monoisotopic (exact) mass is 280 g/mol. The number of halogens is 1. The zero-order chi connectivity index (χ0) is 14.0. The Balaban J connectivity index is 2.17. The Morgan fingerprint density at radius 3 is 2.53 bits per heavy atom. The SMILES string of the molecule is CC(C)C1CCN(c2ccc(F)cc2C(N)=S)CC1. The van der Waals surface area contributed by atoms with E-state index in [9.17, 15) is 4.39 Å². The van der Waals surface area contributed by atoms with E-state index in [2.05, 4.69) is 18.7 Å². The topological polar surface area (TPSA) is 29.3 Å². The van der Waals surface area contributed by atoms with Crippen LogP contribution in [0, 0.1) is 17.7 Å². The molecular weight excluding hydrogens is 259 g/mol. The molecule has 2 nitrogen and oxygen atoms in total. The fourth-order valence-corrected chi connectivity index (χ4v) is 2.95. The van der Waals surface area contributed by atoms with E-state index in [4.69, 9.17) is 18.0 Å². The molecule has 1 aromatic rings. The molecule has 0 radical (unpaired) electrons. The molecule has 0 atom stereocenters. The third kappa shape index (κ3) is 3.24. The lowest BCUT2D eigenvalue weighted by Crippen LogP contribution is -2.36. The van der Waals surface area contributed by atoms with Crippen molar-refractivity contribution in [2.24, 2.45) is 17.6 Å². The summed E-state index contributed by atoms with van der Waals surface area (Å²) in [5, 5.41) is 0. The minimum absolute atomic E-state index is 0.264. The van der Waals surface area contributed by atoms with Gasteiger partial charge >= 0.3 is 0 Å². The number of nitrogens with two attached hydrogens (primary N) is 1. The number of piperidine rings is 1. The molecule has 0 saturated carbocycles. The maximum absolute atomic E-state index is 13.3. The first kappa shape index (κ1) is 14.3. The molecule has 1 saturated heterocycles. The van der Waals surface area contributed by atoms with Crippen LogP contribution in [0.4, 0.5) is 10.1 Å². The molecule has 2 rings (SSSR count). The summed E-state index contributed by atoms with van der Waals surface area (Å²) < 4.78 is 13.3. The second-order valence-electron chi connectivity index (χ2n) is 5.59. The molecule has 19 heavy (non-hydrogen) atoms. The largest absolute Gasteiger partial charge is 0.389 e. The molecule has 4 heteroatoms. The molecule has 0 bridgehead atoms. The van der Waals surface area contributed by atoms with E-state index < -0.39 is 0 Å². The van der Waals surface area contributed by atoms with Gasteiger partial charge < -0.3 is 10.6 Å². The zero-order valence-electron chi connectivity index (χ0n) is 11.5. The number of hydrogen-bond acceptors (Lipinski definition) is 2. The number of nitrogens with zero attached hydrogens (tertiary/aromatic N) is 1. The minimum atomic E-state index is -0.288. The number of thiocarbonyl (C=S) groups is 1. The lowest BCUT2D eigenvalue weighted by Gasteiger charge is -2.36. The van der Waals surface area contributed by atoms with Crippen LogP contribution >= 0.6 is 12.2 Å². The van der Waals surface area contributed by atoms with E-state index in [1.165, 1.54) is 25.0 Å². The van der Waals surface area contributed by atoms with Crippen molar-refractivity contribution in [3.63, 3.8) is 0 Å². The summed E-state index contributed by atoms with van der Waals surface area (Å²) in [5.41, 5.74) is 7.32. The lowest BCUT2D eigenvalue weighted by atomic mass is 9.86. The van der Waals surface area contributed by atoms with Crippen LogP contribution < -0.4 is 10.6 Å². The normalized spacial score (nSPS) is 16.9. The van der Waals surface area contributed by atoms with Gasteiger partial charge in [-0.2, -0.15) is 0 Å². The summed E-state index contributed by atoms with van der Waals surface area (Å²) in [7, 11) is 0. The maximum Gasteiger partial charge on any atom is 0.124 e. The van der Waals surface area contributed by atoms with Crippen molar-refractivity contribution >= 4 is 22.9 Å². The molecule has 0 amide bonds. The van der Waals surface area contributed by atoms with Gasteiger partial charge in [0.05, 0.1) is 0 Å². The Kier molecular flexibility index (Phi) is 4.40. The van der Waals surface area contributed by atoms with Crippen LogP contribution in [0.2, 0.25) is 0 Å². The van der Waals surface area contributed by atoms with Crippen LogP contribution in [0.5, 0.6) is 0 Å². The van der Waals surface area contributed by atoms with Gasteiger partial charge in [0, 0.05) is 24.3 Å². The standard InChI is InChI=1S/C15H21FN2S/c1-10(2)11-5-7-18(8-6-11)14-4-3-12(16)9-13(14)15(17)19/h3-4,9-11H,5-8H2,1-2H3,(H2,17,19). The number of rotatable bonds is 3. The molecule has 1 aliphatic rings. The average molecular weight is 280 g/mol. The summed E-state index contributed by atoms with van der Waals surface area (Å²) in [4.78, 5) is 2.53. The molecule has 0 unspecified atom stereocenters. The smallest absolute Gasteiger partial charge is 0.124 e. The van der Waals surface area contributed by atoms with E-state index >= 15 is 0 Å². The first-order chi connectivity index (χ1) is 8.99. The first-order valence-electron chi connectivity index (χ1n) is 6.83. The van der Waals surface area contributed by atoms with Crippen molar-refractivity contribution in [2.75, 3.05) is 18.0 Å². The van der Waals surface area contributed by atoms with Crippen molar-refractivity contribution in [3.05, 3.63) is 29.6 Å². The predicted molar refractivity (Wildman–Crippen MR) is 82.1 cm³/mol. The summed E-state index contributed by atoms with van der Waals surface area (Å²) in [5.74, 6) is 1.22. The molecule has 0 spiro atoms. The number of anilines is 1. The quantitative estimate of drug-likeness (QED) is 0.861. The van der Waals surface area contributed by atoms with Crippen LogP contribution in [0.15, 0.2) is 18.2 Å². The number of hydrogen-bond donors (Lipinski definition) is 1. The van der Waals surface area contributed by atoms with E-state index in [1.54, 1.807) is 6.07 Å². The van der Waals surface area contributed by atoms with Gasteiger partial charge in [0.1, 0.15) is 10.8 Å². The molecule has 1 fully saturated rings. The fourth-order valence-electron chi connectivity index (χ4n) is 2.79. The molecule has 0 aliphatic carbocycles. The molecule has 1 aromatic carbocycles. The van der Waals surface area contributed by atoms with Gasteiger partial charge in [0.15, 0.2) is 0 Å². The maximum atomic E-state index is 13.3. The predicted octanol–water partition coefficient (Wildman–Crippen LogP) is 3.33. The van der Waals surface area contributed by atoms with Crippen molar-refractivity contribution in [1.29, 1.82) is 0 Å². The lowest BCUT2D eigenvalue weighted by molar-refractivity contribution is 0.311. The van der Waals surface area contributed by atoms with Crippen LogP contribution in [0.1, 0.15) is 32.3 Å². The zero-order valence-corrected chi connectivity index (χ0v) is 12.3. The van der Waals surface area contributed by atoms with Gasteiger partial charge in [-0.3, -0.25) is 0 Å². The Bertz CT molecular complexity index is 465. The van der Waals surface area contributed by atoms with Crippen LogP contribution in [-0.2, 0) is 0 Å². The highest BCUT2D eigenvalue weighted by Gasteiger charge is 2.23. The highest BCUT2D eigenvalue weighted by Crippen LogP contribution is 2.30. The van der Waals surface area contributed by atoms with Crippen LogP contribution in [-0.4, -0.2) is 18.1 Å². The highest BCUT2D eigenvalue weighted by molar-refractivity contribution is 7.80. The van der Waals surface area contributed by atoms with Gasteiger partial charge in [-0.25, -0.2) is 4.39 Å². The minimum Gasteiger partial charge on any atom is -0.389 e. The summed E-state index contributed by atoms with van der Waals surface area (Å²) >= 11 is 5.03. The average Bonchev–Trinajstić information content (AvgIpc) is 2.38. The third-order valence-electron chi connectivity index (χ3n) is 4.05. The van der Waals surface area contributed by atoms with Gasteiger partial charge in [-0.15, -0.1) is 0 Å². The van der Waals surface area contributed by atoms with Crippen molar-refractivity contribution < 1.29 is 4.39 Å². The molecular formula is C15H21FN2S. The van der Waals surface area contributed by atoms with Crippen molar-refractivity contribution in [3.8, 4) is 0 Å². The second-order valence-corrected chi connectivity index (χ2v) is 6.03. The summed E-state index contributed by atoms with van der Waals surface area (Å²) in [6.07, 6.45) is 2.34. The number of benzene rings is 1. The van der Waals surface area contributed by atoms with Gasteiger partial charge in [-0.05, 0) is 42.9 Å². The van der Waals surface area contributed by atoms with E-state index in [0.717, 1.165) is 30.6 Å². The van der Waals surface area contributed by atoms with Gasteiger partial charge in [0.2, 0.25) is 0 Å². The summed E-state index contributed by atoms with van der Waals surface area (Å²) in [6, 6.07) is 4.71. The summed E-state index contributed by atoms with van der Waals surface area (Å²) in [6.45, 7) is 6.53. The van der Waals surface area contributed by atoms with E-state index in [1.807, 2.05) is 0 Å².